The fourth-order valence-electron chi connectivity index (χ4n) is 4.27. The molecule has 11 heteroatoms. The number of carboxylic acids is 1. The number of piperidine rings is 1. The summed E-state index contributed by atoms with van der Waals surface area (Å²) in [7, 11) is 0. The molecule has 3 aromatic rings. The molecule has 7 nitrogen and oxygen atoms in total. The smallest absolute Gasteiger partial charge is 0.348 e. The SMILES string of the molecule is Cc1[nH]c(C(=O)N[C@H]2[C@@H]3CN(c4nc(-c5cccc(F)c5)c(C(=O)O)s4)C[C@@H]32)c(Cl)c1Cl. The molecule has 1 amide bonds. The van der Waals surface area contributed by atoms with Crippen molar-refractivity contribution in [3.8, 4) is 11.3 Å². The Kier molecular flexibility index (Phi) is 5.15. The molecular weight excluding hydrogens is 478 g/mol. The Labute approximate surface area is 196 Å². The first kappa shape index (κ1) is 21.2. The Hall–Kier alpha value is -2.62. The van der Waals surface area contributed by atoms with Crippen molar-refractivity contribution in [3.05, 3.63) is 56.4 Å². The number of benzene rings is 1. The van der Waals surface area contributed by atoms with Crippen LogP contribution in [0.5, 0.6) is 0 Å². The van der Waals surface area contributed by atoms with Crippen molar-refractivity contribution in [1.82, 2.24) is 15.3 Å². The van der Waals surface area contributed by atoms with Gasteiger partial charge in [0.05, 0.1) is 15.7 Å². The molecule has 0 radical (unpaired) electrons. The van der Waals surface area contributed by atoms with Crippen LogP contribution in [0.15, 0.2) is 24.3 Å². The van der Waals surface area contributed by atoms with E-state index in [9.17, 15) is 19.1 Å². The molecule has 0 bridgehead atoms. The van der Waals surface area contributed by atoms with Crippen molar-refractivity contribution in [1.29, 1.82) is 0 Å². The zero-order valence-corrected chi connectivity index (χ0v) is 19.0. The second-order valence-corrected chi connectivity index (χ2v) is 9.71. The van der Waals surface area contributed by atoms with E-state index in [1.165, 1.54) is 18.2 Å². The second kappa shape index (κ2) is 7.75. The minimum absolute atomic E-state index is 0.0128. The van der Waals surface area contributed by atoms with Crippen LogP contribution in [0, 0.1) is 24.6 Å². The number of H-pyrrole nitrogens is 1. The highest BCUT2D eigenvalue weighted by molar-refractivity contribution is 7.17. The molecule has 1 saturated heterocycles. The highest BCUT2D eigenvalue weighted by Gasteiger charge is 2.57. The average molecular weight is 495 g/mol. The van der Waals surface area contributed by atoms with E-state index >= 15 is 0 Å². The van der Waals surface area contributed by atoms with Gasteiger partial charge in [-0.05, 0) is 19.1 Å². The number of hydrogen-bond acceptors (Lipinski definition) is 5. The van der Waals surface area contributed by atoms with Gasteiger partial charge in [-0.3, -0.25) is 4.79 Å². The van der Waals surface area contributed by atoms with Crippen LogP contribution in [0.3, 0.4) is 0 Å². The summed E-state index contributed by atoms with van der Waals surface area (Å²) in [5.41, 5.74) is 1.57. The summed E-state index contributed by atoms with van der Waals surface area (Å²) in [6.45, 7) is 3.03. The number of nitrogens with one attached hydrogen (secondary N) is 2. The topological polar surface area (TPSA) is 98.3 Å². The molecule has 1 aliphatic heterocycles. The van der Waals surface area contributed by atoms with Gasteiger partial charge in [-0.15, -0.1) is 0 Å². The Morgan fingerprint density at radius 3 is 2.59 bits per heavy atom. The first-order valence-electron chi connectivity index (χ1n) is 9.84. The third kappa shape index (κ3) is 3.54. The van der Waals surface area contributed by atoms with Crippen molar-refractivity contribution < 1.29 is 19.1 Å². The fraction of sp³-hybridized carbons (Fsp3) is 0.286. The van der Waals surface area contributed by atoms with E-state index in [2.05, 4.69) is 15.3 Å². The Balaban J connectivity index is 1.29. The summed E-state index contributed by atoms with van der Waals surface area (Å²) in [5.74, 6) is -1.38. The number of anilines is 1. The van der Waals surface area contributed by atoms with Gasteiger partial charge in [0.25, 0.3) is 5.91 Å². The fourth-order valence-corrected chi connectivity index (χ4v) is 5.63. The molecule has 1 saturated carbocycles. The highest BCUT2D eigenvalue weighted by Crippen LogP contribution is 2.48. The molecule has 3 atom stereocenters. The van der Waals surface area contributed by atoms with Crippen LogP contribution in [-0.2, 0) is 0 Å². The van der Waals surface area contributed by atoms with Crippen LogP contribution in [-0.4, -0.2) is 46.1 Å². The van der Waals surface area contributed by atoms with Crippen molar-refractivity contribution >= 4 is 51.5 Å². The number of nitrogens with zero attached hydrogens (tertiary/aromatic N) is 2. The molecule has 5 rings (SSSR count). The third-order valence-electron chi connectivity index (χ3n) is 5.95. The summed E-state index contributed by atoms with van der Waals surface area (Å²) in [6, 6.07) is 5.76. The number of hydrogen-bond donors (Lipinski definition) is 3. The lowest BCUT2D eigenvalue weighted by molar-refractivity contribution is 0.0702. The lowest BCUT2D eigenvalue weighted by atomic mass is 10.1. The number of amides is 1. The van der Waals surface area contributed by atoms with Crippen LogP contribution in [0.4, 0.5) is 9.52 Å². The molecule has 2 aliphatic rings. The van der Waals surface area contributed by atoms with Crippen molar-refractivity contribution in [2.24, 2.45) is 11.8 Å². The van der Waals surface area contributed by atoms with E-state index < -0.39 is 11.8 Å². The number of fused-ring (bicyclic) bond motifs is 1. The number of aromatic nitrogens is 2. The van der Waals surface area contributed by atoms with Gasteiger partial charge in [0.15, 0.2) is 5.13 Å². The lowest BCUT2D eigenvalue weighted by Gasteiger charge is -2.19. The van der Waals surface area contributed by atoms with E-state index in [1.807, 2.05) is 4.90 Å². The summed E-state index contributed by atoms with van der Waals surface area (Å²) >= 11 is 13.3. The molecular formula is C21H17Cl2FN4O3S. The molecule has 0 spiro atoms. The van der Waals surface area contributed by atoms with E-state index in [1.54, 1.807) is 13.0 Å². The van der Waals surface area contributed by atoms with Gasteiger partial charge in [-0.2, -0.15) is 0 Å². The van der Waals surface area contributed by atoms with Gasteiger partial charge in [0.1, 0.15) is 16.4 Å². The predicted molar refractivity (Wildman–Crippen MR) is 120 cm³/mol. The molecule has 1 aromatic carbocycles. The van der Waals surface area contributed by atoms with E-state index in [-0.39, 0.29) is 45.1 Å². The highest BCUT2D eigenvalue weighted by atomic mass is 35.5. The Morgan fingerprint density at radius 2 is 2.00 bits per heavy atom. The van der Waals surface area contributed by atoms with E-state index in [0.29, 0.717) is 34.5 Å². The maximum atomic E-state index is 13.6. The number of thiazole rings is 1. The number of carbonyl (C=O) groups excluding carboxylic acids is 1. The number of carboxylic acid groups (broad SMARTS) is 1. The normalized spacial score (nSPS) is 21.5. The van der Waals surface area contributed by atoms with Gasteiger partial charge in [-0.25, -0.2) is 14.2 Å². The van der Waals surface area contributed by atoms with Gasteiger partial charge in [0, 0.05) is 42.2 Å². The molecule has 0 unspecified atom stereocenters. The molecule has 2 aromatic heterocycles. The second-order valence-electron chi connectivity index (χ2n) is 7.97. The largest absolute Gasteiger partial charge is 0.477 e. The lowest BCUT2D eigenvalue weighted by Crippen LogP contribution is -2.34. The van der Waals surface area contributed by atoms with Crippen LogP contribution < -0.4 is 10.2 Å². The first-order chi connectivity index (χ1) is 15.2. The third-order valence-corrected chi connectivity index (χ3v) is 8.00. The van der Waals surface area contributed by atoms with Crippen molar-refractivity contribution in [2.75, 3.05) is 18.0 Å². The summed E-state index contributed by atoms with van der Waals surface area (Å²) in [6.07, 6.45) is 0. The number of aromatic amines is 1. The van der Waals surface area contributed by atoms with Gasteiger partial charge < -0.3 is 20.3 Å². The minimum Gasteiger partial charge on any atom is -0.477 e. The zero-order chi connectivity index (χ0) is 22.7. The summed E-state index contributed by atoms with van der Waals surface area (Å²) < 4.78 is 13.6. The predicted octanol–water partition coefficient (Wildman–Crippen LogP) is 4.46. The molecule has 166 valence electrons. The first-order valence-corrected chi connectivity index (χ1v) is 11.4. The molecule has 3 heterocycles. The molecule has 32 heavy (non-hydrogen) atoms. The van der Waals surface area contributed by atoms with Gasteiger partial charge in [-0.1, -0.05) is 46.7 Å². The summed E-state index contributed by atoms with van der Waals surface area (Å²) in [5, 5.41) is 13.7. The van der Waals surface area contributed by atoms with E-state index in [4.69, 9.17) is 23.2 Å². The Morgan fingerprint density at radius 1 is 1.28 bits per heavy atom. The average Bonchev–Trinajstić information content (AvgIpc) is 3.16. The molecule has 3 N–H and O–H groups in total. The van der Waals surface area contributed by atoms with Gasteiger partial charge >= 0.3 is 5.97 Å². The van der Waals surface area contributed by atoms with Crippen molar-refractivity contribution in [3.63, 3.8) is 0 Å². The minimum atomic E-state index is -1.10. The monoisotopic (exact) mass is 494 g/mol. The maximum absolute atomic E-state index is 13.6. The van der Waals surface area contributed by atoms with Crippen LogP contribution in [0.1, 0.15) is 25.9 Å². The number of aromatic carboxylic acids is 1. The van der Waals surface area contributed by atoms with Gasteiger partial charge in [0.2, 0.25) is 0 Å². The van der Waals surface area contributed by atoms with Crippen LogP contribution >= 0.6 is 34.5 Å². The van der Waals surface area contributed by atoms with E-state index in [0.717, 1.165) is 11.3 Å². The maximum Gasteiger partial charge on any atom is 0.348 e. The zero-order valence-electron chi connectivity index (χ0n) is 16.7. The Bertz CT molecular complexity index is 1250. The number of rotatable bonds is 5. The number of carbonyl (C=O) groups is 2. The number of aryl methyl sites for hydroxylation is 1. The molecule has 2 fully saturated rings. The van der Waals surface area contributed by atoms with Crippen LogP contribution in [0.25, 0.3) is 11.3 Å². The van der Waals surface area contributed by atoms with Crippen molar-refractivity contribution in [2.45, 2.75) is 13.0 Å². The number of halogens is 3. The standard InChI is InChI=1S/C21H17Cl2FN4O3S/c1-8-13(22)14(23)17(25-8)19(29)26-16-11-6-28(7-12(11)16)21-27-15(18(32-21)20(30)31)9-3-2-4-10(24)5-9/h2-5,11-12,16,25H,6-7H2,1H3,(H,26,29)(H,30,31)/t11-,12+,16+. The quantitative estimate of drug-likeness (QED) is 0.486. The van der Waals surface area contributed by atoms with Crippen LogP contribution in [0.2, 0.25) is 10.0 Å². The summed E-state index contributed by atoms with van der Waals surface area (Å²) in [4.78, 5) is 33.8. The molecule has 1 aliphatic carbocycles.